The van der Waals surface area contributed by atoms with Crippen molar-refractivity contribution in [2.24, 2.45) is 0 Å². The zero-order valence-corrected chi connectivity index (χ0v) is 14.4. The van der Waals surface area contributed by atoms with Crippen LogP contribution in [0.1, 0.15) is 24.0 Å². The van der Waals surface area contributed by atoms with Gasteiger partial charge in [0.05, 0.1) is 16.7 Å². The predicted octanol–water partition coefficient (Wildman–Crippen LogP) is 5.28. The van der Waals surface area contributed by atoms with E-state index in [9.17, 15) is 0 Å². The molecule has 124 valence electrons. The number of fused-ring (bicyclic) bond motifs is 3. The van der Waals surface area contributed by atoms with Gasteiger partial charge in [0.25, 0.3) is 0 Å². The van der Waals surface area contributed by atoms with Crippen molar-refractivity contribution in [3.05, 3.63) is 84.1 Å². The smallest absolute Gasteiger partial charge is 0.0696 e. The topological polar surface area (TPSA) is 7.65 Å². The van der Waals surface area contributed by atoms with Crippen LogP contribution in [0.15, 0.2) is 72.9 Å². The Morgan fingerprint density at radius 1 is 0.720 bits per heavy atom. The van der Waals surface area contributed by atoms with Gasteiger partial charge in [-0.2, -0.15) is 0 Å². The number of nitrogens with zero attached hydrogens (tertiary/aromatic N) is 2. The first-order chi connectivity index (χ1) is 12.4. The molecule has 1 saturated heterocycles. The molecule has 1 aliphatic rings. The molecule has 0 atom stereocenters. The summed E-state index contributed by atoms with van der Waals surface area (Å²) in [7, 11) is 0. The van der Waals surface area contributed by atoms with Crippen LogP contribution in [0.2, 0.25) is 0 Å². The highest BCUT2D eigenvalue weighted by atomic mass is 15.2. The van der Waals surface area contributed by atoms with E-state index in [0.29, 0.717) is 0 Å². The largest absolute Gasteiger partial charge is 0.370 e. The van der Waals surface area contributed by atoms with E-state index in [2.05, 4.69) is 82.2 Å². The van der Waals surface area contributed by atoms with Crippen molar-refractivity contribution < 1.29 is 0 Å². The van der Waals surface area contributed by atoms with E-state index in [1.54, 1.807) is 0 Å². The lowest BCUT2D eigenvalue weighted by Gasteiger charge is -2.20. The number of para-hydroxylation sites is 1. The summed E-state index contributed by atoms with van der Waals surface area (Å²) >= 11 is 0. The molecule has 1 aliphatic heterocycles. The van der Waals surface area contributed by atoms with Gasteiger partial charge < -0.3 is 9.30 Å². The summed E-state index contributed by atoms with van der Waals surface area (Å²) in [5.74, 6) is 0. The van der Waals surface area contributed by atoms with Crippen molar-refractivity contribution in [3.8, 4) is 0 Å². The molecular formula is C23H22N2. The van der Waals surface area contributed by atoms with E-state index in [4.69, 9.17) is 0 Å². The molecule has 2 aromatic carbocycles. The number of benzene rings is 2. The molecular weight excluding hydrogens is 304 g/mol. The minimum absolute atomic E-state index is 0.976. The third kappa shape index (κ3) is 2.58. The quantitative estimate of drug-likeness (QED) is 0.497. The third-order valence-corrected chi connectivity index (χ3v) is 5.33. The van der Waals surface area contributed by atoms with Crippen LogP contribution in [0.3, 0.4) is 0 Å². The van der Waals surface area contributed by atoms with Crippen LogP contribution in [-0.2, 0) is 6.42 Å². The Morgan fingerprint density at radius 2 is 1.48 bits per heavy atom. The molecule has 4 aromatic rings. The van der Waals surface area contributed by atoms with Gasteiger partial charge in [0.15, 0.2) is 0 Å². The van der Waals surface area contributed by atoms with Crippen molar-refractivity contribution in [2.45, 2.75) is 19.3 Å². The molecule has 0 N–H and O–H groups in total. The standard InChI is InChI=1S/C23H22N2/c1-2-8-18(9-3-1)14-19-15-22(24-12-6-7-13-24)23-16-20-10-4-5-11-21(20)25(23)17-19/h1-5,8-11,15-17H,6-7,12-14H2. The lowest BCUT2D eigenvalue weighted by molar-refractivity contribution is 0.949. The second-order valence-electron chi connectivity index (χ2n) is 7.05. The van der Waals surface area contributed by atoms with Crippen molar-refractivity contribution in [1.82, 2.24) is 4.40 Å². The summed E-state index contributed by atoms with van der Waals surface area (Å²) in [6, 6.07) is 24.2. The van der Waals surface area contributed by atoms with Crippen molar-refractivity contribution in [1.29, 1.82) is 0 Å². The van der Waals surface area contributed by atoms with E-state index in [1.807, 2.05) is 0 Å². The van der Waals surface area contributed by atoms with Gasteiger partial charge in [-0.3, -0.25) is 0 Å². The molecule has 3 heterocycles. The Balaban J connectivity index is 1.71. The molecule has 2 nitrogen and oxygen atoms in total. The Labute approximate surface area is 148 Å². The average Bonchev–Trinajstić information content (AvgIpc) is 3.30. The molecule has 2 heteroatoms. The Morgan fingerprint density at radius 3 is 2.32 bits per heavy atom. The molecule has 0 bridgehead atoms. The molecule has 0 amide bonds. The molecule has 5 rings (SSSR count). The van der Waals surface area contributed by atoms with E-state index in [0.717, 1.165) is 6.42 Å². The van der Waals surface area contributed by atoms with E-state index in [1.165, 1.54) is 59.2 Å². The molecule has 0 spiro atoms. The van der Waals surface area contributed by atoms with Crippen molar-refractivity contribution >= 4 is 22.1 Å². The van der Waals surface area contributed by atoms with Gasteiger partial charge >= 0.3 is 0 Å². The van der Waals surface area contributed by atoms with Gasteiger partial charge in [-0.05, 0) is 48.6 Å². The van der Waals surface area contributed by atoms with Gasteiger partial charge in [0.2, 0.25) is 0 Å². The molecule has 25 heavy (non-hydrogen) atoms. The van der Waals surface area contributed by atoms with Crippen molar-refractivity contribution in [3.63, 3.8) is 0 Å². The first-order valence-electron chi connectivity index (χ1n) is 9.20. The van der Waals surface area contributed by atoms with Gasteiger partial charge in [-0.25, -0.2) is 0 Å². The fourth-order valence-electron chi connectivity index (χ4n) is 4.10. The highest BCUT2D eigenvalue weighted by Gasteiger charge is 2.17. The van der Waals surface area contributed by atoms with Gasteiger partial charge in [0, 0.05) is 24.7 Å². The zero-order valence-electron chi connectivity index (χ0n) is 14.4. The number of aromatic nitrogens is 1. The number of hydrogen-bond acceptors (Lipinski definition) is 1. The van der Waals surface area contributed by atoms with Crippen LogP contribution < -0.4 is 4.90 Å². The fourth-order valence-corrected chi connectivity index (χ4v) is 4.10. The molecule has 0 unspecified atom stereocenters. The maximum atomic E-state index is 2.56. The predicted molar refractivity (Wildman–Crippen MR) is 106 cm³/mol. The van der Waals surface area contributed by atoms with Crippen molar-refractivity contribution in [2.75, 3.05) is 18.0 Å². The molecule has 1 fully saturated rings. The summed E-state index contributed by atoms with van der Waals surface area (Å²) in [6.07, 6.45) is 5.90. The van der Waals surface area contributed by atoms with Crippen LogP contribution in [0.5, 0.6) is 0 Å². The maximum absolute atomic E-state index is 2.56. The second kappa shape index (κ2) is 5.96. The number of anilines is 1. The summed E-state index contributed by atoms with van der Waals surface area (Å²) in [5.41, 5.74) is 6.77. The van der Waals surface area contributed by atoms with Gasteiger partial charge in [0.1, 0.15) is 0 Å². The first-order valence-corrected chi connectivity index (χ1v) is 9.20. The second-order valence-corrected chi connectivity index (χ2v) is 7.05. The van der Waals surface area contributed by atoms with Crippen LogP contribution in [-0.4, -0.2) is 17.5 Å². The first kappa shape index (κ1) is 14.6. The highest BCUT2D eigenvalue weighted by molar-refractivity contribution is 5.92. The normalized spacial score (nSPS) is 14.6. The lowest BCUT2D eigenvalue weighted by atomic mass is 10.1. The number of rotatable bonds is 3. The van der Waals surface area contributed by atoms with E-state index in [-0.39, 0.29) is 0 Å². The summed E-state index contributed by atoms with van der Waals surface area (Å²) in [6.45, 7) is 2.35. The van der Waals surface area contributed by atoms with Crippen LogP contribution in [0, 0.1) is 0 Å². The van der Waals surface area contributed by atoms with Crippen LogP contribution >= 0.6 is 0 Å². The monoisotopic (exact) mass is 326 g/mol. The fraction of sp³-hybridized carbons (Fsp3) is 0.217. The summed E-state index contributed by atoms with van der Waals surface area (Å²) in [4.78, 5) is 2.56. The highest BCUT2D eigenvalue weighted by Crippen LogP contribution is 2.32. The van der Waals surface area contributed by atoms with E-state index < -0.39 is 0 Å². The van der Waals surface area contributed by atoms with Crippen LogP contribution in [0.4, 0.5) is 5.69 Å². The van der Waals surface area contributed by atoms with Gasteiger partial charge in [-0.1, -0.05) is 48.5 Å². The Hall–Kier alpha value is -2.74. The zero-order chi connectivity index (χ0) is 16.6. The minimum atomic E-state index is 0.976. The summed E-state index contributed by atoms with van der Waals surface area (Å²) in [5, 5.41) is 1.32. The lowest BCUT2D eigenvalue weighted by Crippen LogP contribution is -2.18. The molecule has 0 radical (unpaired) electrons. The van der Waals surface area contributed by atoms with E-state index >= 15 is 0 Å². The third-order valence-electron chi connectivity index (χ3n) is 5.33. The van der Waals surface area contributed by atoms with Crippen LogP contribution in [0.25, 0.3) is 16.4 Å². The average molecular weight is 326 g/mol. The molecule has 0 saturated carbocycles. The Bertz CT molecular complexity index is 1020. The number of pyridine rings is 1. The van der Waals surface area contributed by atoms with Gasteiger partial charge in [-0.15, -0.1) is 0 Å². The molecule has 0 aliphatic carbocycles. The molecule has 2 aromatic heterocycles. The summed E-state index contributed by atoms with van der Waals surface area (Å²) < 4.78 is 2.39. The minimum Gasteiger partial charge on any atom is -0.370 e. The Kier molecular flexibility index (Phi) is 3.48. The maximum Gasteiger partial charge on any atom is 0.0696 e. The SMILES string of the molecule is c1ccc(Cc2cc(N3CCCC3)c3cc4ccccc4n3c2)cc1. The number of hydrogen-bond donors (Lipinski definition) is 0.